The summed E-state index contributed by atoms with van der Waals surface area (Å²) in [6, 6.07) is 11.0. The first-order valence-corrected chi connectivity index (χ1v) is 7.22. The van der Waals surface area contributed by atoms with E-state index in [4.69, 9.17) is 16.3 Å². The lowest BCUT2D eigenvalue weighted by Gasteiger charge is -2.09. The topological polar surface area (TPSA) is 52.8 Å². The van der Waals surface area contributed by atoms with Crippen molar-refractivity contribution >= 4 is 11.6 Å². The monoisotopic (exact) mass is 314 g/mol. The molecule has 5 nitrogen and oxygen atoms in total. The molecule has 0 unspecified atom stereocenters. The zero-order chi connectivity index (χ0) is 15.7. The Morgan fingerprint density at radius 1 is 1.05 bits per heavy atom. The standard InChI is InChI=1S/C16H15ClN4O/c1-10-8-11(2)21(20-10)15-9-16(19-12(3)18-15)22-14-7-5-4-6-13(14)17/h4-9H,1-3H3. The Labute approximate surface area is 133 Å². The summed E-state index contributed by atoms with van der Waals surface area (Å²) >= 11 is 6.11. The fraction of sp³-hybridized carbons (Fsp3) is 0.188. The van der Waals surface area contributed by atoms with Gasteiger partial charge in [0.1, 0.15) is 11.6 Å². The van der Waals surface area contributed by atoms with E-state index in [2.05, 4.69) is 15.1 Å². The Morgan fingerprint density at radius 2 is 1.82 bits per heavy atom. The second kappa shape index (κ2) is 5.77. The maximum absolute atomic E-state index is 6.11. The minimum atomic E-state index is 0.433. The summed E-state index contributed by atoms with van der Waals surface area (Å²) < 4.78 is 7.54. The van der Waals surface area contributed by atoms with Crippen LogP contribution in [-0.4, -0.2) is 19.7 Å². The molecule has 2 heterocycles. The Hall–Kier alpha value is -2.40. The first kappa shape index (κ1) is 14.5. The highest BCUT2D eigenvalue weighted by Crippen LogP contribution is 2.28. The first-order valence-electron chi connectivity index (χ1n) is 6.84. The second-order valence-electron chi connectivity index (χ2n) is 4.98. The van der Waals surface area contributed by atoms with Crippen LogP contribution in [0.15, 0.2) is 36.4 Å². The maximum atomic E-state index is 6.11. The minimum Gasteiger partial charge on any atom is -0.437 e. The third kappa shape index (κ3) is 2.94. The average Bonchev–Trinajstić information content (AvgIpc) is 2.80. The van der Waals surface area contributed by atoms with Crippen LogP contribution in [0, 0.1) is 20.8 Å². The lowest BCUT2D eigenvalue weighted by molar-refractivity contribution is 0.459. The van der Waals surface area contributed by atoms with Crippen LogP contribution in [0.2, 0.25) is 5.02 Å². The Morgan fingerprint density at radius 3 is 2.50 bits per heavy atom. The van der Waals surface area contributed by atoms with Gasteiger partial charge in [-0.05, 0) is 39.0 Å². The van der Waals surface area contributed by atoms with E-state index in [-0.39, 0.29) is 0 Å². The Bertz CT molecular complexity index is 829. The number of ether oxygens (including phenoxy) is 1. The molecule has 0 saturated carbocycles. The molecule has 0 amide bonds. The molecular formula is C16H15ClN4O. The van der Waals surface area contributed by atoms with E-state index < -0.39 is 0 Å². The van der Waals surface area contributed by atoms with Gasteiger partial charge in [0.15, 0.2) is 5.82 Å². The number of rotatable bonds is 3. The van der Waals surface area contributed by atoms with Crippen LogP contribution in [0.4, 0.5) is 0 Å². The van der Waals surface area contributed by atoms with Crippen molar-refractivity contribution in [1.82, 2.24) is 19.7 Å². The summed E-state index contributed by atoms with van der Waals surface area (Å²) in [7, 11) is 0. The van der Waals surface area contributed by atoms with Crippen molar-refractivity contribution in [2.75, 3.05) is 0 Å². The molecule has 0 fully saturated rings. The molecule has 0 aliphatic rings. The molecule has 0 bridgehead atoms. The average molecular weight is 315 g/mol. The molecule has 3 aromatic rings. The van der Waals surface area contributed by atoms with Gasteiger partial charge >= 0.3 is 0 Å². The highest BCUT2D eigenvalue weighted by Gasteiger charge is 2.10. The normalized spacial score (nSPS) is 10.7. The molecule has 0 aliphatic carbocycles. The zero-order valence-corrected chi connectivity index (χ0v) is 13.3. The van der Waals surface area contributed by atoms with E-state index >= 15 is 0 Å². The van der Waals surface area contributed by atoms with Crippen LogP contribution in [0.1, 0.15) is 17.2 Å². The summed E-state index contributed by atoms with van der Waals surface area (Å²) in [5.74, 6) is 2.26. The van der Waals surface area contributed by atoms with Crippen molar-refractivity contribution in [3.63, 3.8) is 0 Å². The first-order chi connectivity index (χ1) is 10.5. The lowest BCUT2D eigenvalue weighted by Crippen LogP contribution is -2.05. The molecule has 1 aromatic carbocycles. The van der Waals surface area contributed by atoms with Gasteiger partial charge in [-0.25, -0.2) is 9.67 Å². The molecule has 2 aromatic heterocycles. The fourth-order valence-electron chi connectivity index (χ4n) is 2.19. The molecule has 0 spiro atoms. The van der Waals surface area contributed by atoms with Gasteiger partial charge in [-0.3, -0.25) is 0 Å². The predicted molar refractivity (Wildman–Crippen MR) is 84.9 cm³/mol. The summed E-state index contributed by atoms with van der Waals surface area (Å²) in [6.07, 6.45) is 0. The summed E-state index contributed by atoms with van der Waals surface area (Å²) in [5.41, 5.74) is 1.93. The predicted octanol–water partition coefficient (Wildman–Crippen LogP) is 4.03. The number of halogens is 1. The molecule has 3 rings (SSSR count). The van der Waals surface area contributed by atoms with E-state index in [1.165, 1.54) is 0 Å². The van der Waals surface area contributed by atoms with Crippen LogP contribution < -0.4 is 4.74 Å². The number of hydrogen-bond acceptors (Lipinski definition) is 4. The number of nitrogens with zero attached hydrogens (tertiary/aromatic N) is 4. The van der Waals surface area contributed by atoms with Gasteiger partial charge in [0.2, 0.25) is 5.88 Å². The molecule has 112 valence electrons. The molecule has 0 radical (unpaired) electrons. The smallest absolute Gasteiger partial charge is 0.224 e. The highest BCUT2D eigenvalue weighted by atomic mass is 35.5. The van der Waals surface area contributed by atoms with Crippen LogP contribution in [0.25, 0.3) is 5.82 Å². The van der Waals surface area contributed by atoms with Gasteiger partial charge in [-0.1, -0.05) is 23.7 Å². The van der Waals surface area contributed by atoms with Crippen LogP contribution in [-0.2, 0) is 0 Å². The molecule has 0 atom stereocenters. The highest BCUT2D eigenvalue weighted by molar-refractivity contribution is 6.32. The van der Waals surface area contributed by atoms with Crippen molar-refractivity contribution in [3.05, 3.63) is 58.6 Å². The third-order valence-corrected chi connectivity index (χ3v) is 3.39. The van der Waals surface area contributed by atoms with E-state index in [9.17, 15) is 0 Å². The summed E-state index contributed by atoms with van der Waals surface area (Å²) in [4.78, 5) is 8.72. The molecular weight excluding hydrogens is 300 g/mol. The van der Waals surface area contributed by atoms with Gasteiger partial charge in [0.25, 0.3) is 0 Å². The molecule has 0 saturated heterocycles. The van der Waals surface area contributed by atoms with Crippen LogP contribution in [0.3, 0.4) is 0 Å². The Balaban J connectivity index is 2.00. The largest absolute Gasteiger partial charge is 0.437 e. The summed E-state index contributed by atoms with van der Waals surface area (Å²) in [6.45, 7) is 5.74. The molecule has 6 heteroatoms. The van der Waals surface area contributed by atoms with Crippen molar-refractivity contribution in [2.45, 2.75) is 20.8 Å². The van der Waals surface area contributed by atoms with Crippen LogP contribution >= 0.6 is 11.6 Å². The van der Waals surface area contributed by atoms with Gasteiger partial charge in [0.05, 0.1) is 10.7 Å². The Kier molecular flexibility index (Phi) is 3.81. The number of aromatic nitrogens is 4. The van der Waals surface area contributed by atoms with Gasteiger partial charge in [-0.15, -0.1) is 0 Å². The second-order valence-corrected chi connectivity index (χ2v) is 5.39. The number of benzene rings is 1. The maximum Gasteiger partial charge on any atom is 0.224 e. The van der Waals surface area contributed by atoms with Crippen molar-refractivity contribution in [2.24, 2.45) is 0 Å². The zero-order valence-electron chi connectivity index (χ0n) is 12.5. The van der Waals surface area contributed by atoms with Crippen LogP contribution in [0.5, 0.6) is 11.6 Å². The lowest BCUT2D eigenvalue weighted by atomic mass is 10.3. The van der Waals surface area contributed by atoms with Gasteiger partial charge < -0.3 is 4.74 Å². The fourth-order valence-corrected chi connectivity index (χ4v) is 2.36. The molecule has 0 N–H and O–H groups in total. The minimum absolute atomic E-state index is 0.433. The number of hydrogen-bond donors (Lipinski definition) is 0. The van der Waals surface area contributed by atoms with Gasteiger partial charge in [0, 0.05) is 11.8 Å². The SMILES string of the molecule is Cc1cc(C)n(-c2cc(Oc3ccccc3Cl)nc(C)n2)n1. The van der Waals surface area contributed by atoms with E-state index in [1.54, 1.807) is 22.9 Å². The van der Waals surface area contributed by atoms with Crippen molar-refractivity contribution < 1.29 is 4.74 Å². The van der Waals surface area contributed by atoms with Gasteiger partial charge in [-0.2, -0.15) is 10.1 Å². The van der Waals surface area contributed by atoms with E-state index in [1.807, 2.05) is 39.0 Å². The molecule has 0 aliphatic heterocycles. The molecule has 22 heavy (non-hydrogen) atoms. The third-order valence-electron chi connectivity index (χ3n) is 3.08. The number of para-hydroxylation sites is 1. The number of aryl methyl sites for hydroxylation is 3. The van der Waals surface area contributed by atoms with E-state index in [0.717, 1.165) is 11.4 Å². The quantitative estimate of drug-likeness (QED) is 0.732. The van der Waals surface area contributed by atoms with Crippen molar-refractivity contribution in [3.8, 4) is 17.4 Å². The summed E-state index contributed by atoms with van der Waals surface area (Å²) in [5, 5.41) is 4.97. The van der Waals surface area contributed by atoms with Crippen molar-refractivity contribution in [1.29, 1.82) is 0 Å². The van der Waals surface area contributed by atoms with E-state index in [0.29, 0.717) is 28.3 Å².